The SMILES string of the molecule is C[C@H](c1[c-]ccc2ccccc12)N(C)C.C[S@@](=O)CCN.[O-][Cl+3]([O-])([O-])[O-].[Pd+2].c1ccc(P(c2ccccc2)c2ccccc2)cc1. The van der Waals surface area contributed by atoms with E-state index in [1.807, 2.05) is 6.07 Å². The van der Waals surface area contributed by atoms with Gasteiger partial charge in [-0.3, -0.25) is 4.21 Å². The molecule has 248 valence electrons. The van der Waals surface area contributed by atoms with Gasteiger partial charge in [0.1, 0.15) is 0 Å². The zero-order chi connectivity index (χ0) is 33.2. The quantitative estimate of drug-likeness (QED) is 0.150. The van der Waals surface area contributed by atoms with Crippen molar-refractivity contribution < 1.29 is 53.5 Å². The van der Waals surface area contributed by atoms with E-state index in [4.69, 9.17) is 24.4 Å². The molecule has 5 rings (SSSR count). The Hall–Kier alpha value is -2.35. The Morgan fingerprint density at radius 1 is 0.761 bits per heavy atom. The van der Waals surface area contributed by atoms with E-state index < -0.39 is 29.0 Å². The summed E-state index contributed by atoms with van der Waals surface area (Å²) in [6.07, 6.45) is 1.65. The molecule has 2 N–H and O–H groups in total. The van der Waals surface area contributed by atoms with E-state index in [1.54, 1.807) is 6.26 Å². The molecule has 5 aromatic rings. The molecular formula is C35H40ClN2O5PPdS. The van der Waals surface area contributed by atoms with Crippen molar-refractivity contribution in [2.45, 2.75) is 13.0 Å². The summed E-state index contributed by atoms with van der Waals surface area (Å²) in [5.41, 5.74) is 6.31. The molecule has 0 radical (unpaired) electrons. The van der Waals surface area contributed by atoms with Gasteiger partial charge in [-0.2, -0.15) is 18.2 Å². The third-order valence-electron chi connectivity index (χ3n) is 6.39. The largest absolute Gasteiger partial charge is 2.00 e. The Kier molecular flexibility index (Phi) is 20.2. The third-order valence-corrected chi connectivity index (χ3v) is 9.65. The third kappa shape index (κ3) is 16.0. The van der Waals surface area contributed by atoms with E-state index >= 15 is 0 Å². The first-order chi connectivity index (χ1) is 21.4. The second-order valence-electron chi connectivity index (χ2n) is 9.90. The van der Waals surface area contributed by atoms with Crippen molar-refractivity contribution in [2.75, 3.05) is 32.6 Å². The van der Waals surface area contributed by atoms with Crippen molar-refractivity contribution in [2.24, 2.45) is 5.73 Å². The zero-order valence-electron chi connectivity index (χ0n) is 26.2. The maximum Gasteiger partial charge on any atom is 2.00 e. The van der Waals surface area contributed by atoms with Crippen LogP contribution in [0.5, 0.6) is 0 Å². The predicted molar refractivity (Wildman–Crippen MR) is 178 cm³/mol. The standard InChI is InChI=1S/C18H15P.C14H16N.C3H9NOS.ClHO4.Pd/c1-4-10-16(11-5-1)19(17-12-6-2-7-13-17)18-14-8-3-9-15-18;1-11(15(2)3)13-10-6-8-12-7-4-5-9-14(12)13;1-6(5)3-2-4;2-1(3,4)5;/h1-15H;4-9,11H,1-3H3;2-4H2,1H3;(H,2,3,4,5);/q;-1;;;+2/p-1/t;11-;6-;;/m.11../s1. The predicted octanol–water partition coefficient (Wildman–Crippen LogP) is 1.27. The van der Waals surface area contributed by atoms with Crippen LogP contribution < -0.4 is 40.3 Å². The van der Waals surface area contributed by atoms with Gasteiger partial charge >= 0.3 is 20.4 Å². The summed E-state index contributed by atoms with van der Waals surface area (Å²) in [4.78, 5) is 2.21. The van der Waals surface area contributed by atoms with Gasteiger partial charge in [-0.1, -0.05) is 109 Å². The van der Waals surface area contributed by atoms with Crippen LogP contribution in [0, 0.1) is 16.3 Å². The number of rotatable bonds is 7. The minimum atomic E-state index is -4.94. The zero-order valence-corrected chi connectivity index (χ0v) is 30.3. The van der Waals surface area contributed by atoms with Crippen molar-refractivity contribution in [3.63, 3.8) is 0 Å². The molecule has 0 saturated heterocycles. The fourth-order valence-electron chi connectivity index (χ4n) is 4.13. The van der Waals surface area contributed by atoms with Crippen molar-refractivity contribution in [3.8, 4) is 0 Å². The number of nitrogens with two attached hydrogens (primary N) is 1. The first-order valence-electron chi connectivity index (χ1n) is 14.0. The molecule has 0 unspecified atom stereocenters. The van der Waals surface area contributed by atoms with Crippen LogP contribution in [-0.2, 0) is 31.2 Å². The molecule has 2 atom stereocenters. The monoisotopic (exact) mass is 772 g/mol. The summed E-state index contributed by atoms with van der Waals surface area (Å²) < 4.78 is 44.0. The van der Waals surface area contributed by atoms with E-state index in [0.717, 1.165) is 0 Å². The van der Waals surface area contributed by atoms with Gasteiger partial charge < -0.3 is 10.6 Å². The maximum atomic E-state index is 10.1. The van der Waals surface area contributed by atoms with Gasteiger partial charge in [0.25, 0.3) is 0 Å². The fraction of sp³-hybridized carbons (Fsp3) is 0.200. The van der Waals surface area contributed by atoms with Gasteiger partial charge in [0.05, 0.1) is 0 Å². The van der Waals surface area contributed by atoms with Crippen molar-refractivity contribution in [1.82, 2.24) is 4.90 Å². The van der Waals surface area contributed by atoms with E-state index in [2.05, 4.69) is 153 Å². The number of benzene rings is 5. The van der Waals surface area contributed by atoms with Gasteiger partial charge in [0.15, 0.2) is 0 Å². The van der Waals surface area contributed by atoms with Gasteiger partial charge in [0.2, 0.25) is 0 Å². The number of fused-ring (bicyclic) bond motifs is 1. The van der Waals surface area contributed by atoms with Crippen LogP contribution in [0.4, 0.5) is 0 Å². The topological polar surface area (TPSA) is 139 Å². The molecule has 11 heteroatoms. The molecule has 46 heavy (non-hydrogen) atoms. The summed E-state index contributed by atoms with van der Waals surface area (Å²) in [5, 5.41) is 6.79. The fourth-order valence-corrected chi connectivity index (χ4v) is 6.77. The van der Waals surface area contributed by atoms with Crippen LogP contribution in [0.15, 0.2) is 127 Å². The van der Waals surface area contributed by atoms with Gasteiger partial charge in [0, 0.05) is 35.4 Å². The Balaban J connectivity index is 0.000000349. The Morgan fingerprint density at radius 2 is 1.15 bits per heavy atom. The van der Waals surface area contributed by atoms with Crippen molar-refractivity contribution in [1.29, 1.82) is 0 Å². The summed E-state index contributed by atoms with van der Waals surface area (Å²) in [6.45, 7) is 2.74. The molecule has 0 saturated carbocycles. The molecule has 0 fully saturated rings. The van der Waals surface area contributed by atoms with Crippen LogP contribution in [0.2, 0.25) is 0 Å². The maximum absolute atomic E-state index is 10.1. The molecule has 5 aromatic carbocycles. The van der Waals surface area contributed by atoms with Crippen LogP contribution in [0.3, 0.4) is 0 Å². The van der Waals surface area contributed by atoms with E-state index in [0.29, 0.717) is 18.3 Å². The molecular weight excluding hydrogens is 733 g/mol. The van der Waals surface area contributed by atoms with Crippen LogP contribution >= 0.6 is 7.92 Å². The summed E-state index contributed by atoms with van der Waals surface area (Å²) in [5.74, 6) is 0.625. The van der Waals surface area contributed by atoms with Crippen molar-refractivity contribution >= 4 is 45.4 Å². The molecule has 0 aliphatic rings. The minimum Gasteiger partial charge on any atom is -0.330 e. The van der Waals surface area contributed by atoms with E-state index in [-0.39, 0.29) is 20.4 Å². The molecule has 0 bridgehead atoms. The molecule has 7 nitrogen and oxygen atoms in total. The molecule has 0 amide bonds. The number of halogens is 1. The number of hydrogen-bond donors (Lipinski definition) is 1. The number of hydrogen-bond acceptors (Lipinski definition) is 7. The normalized spacial score (nSPS) is 11.9. The first-order valence-corrected chi connectivity index (χ1v) is 18.4. The van der Waals surface area contributed by atoms with Gasteiger partial charge in [-0.25, -0.2) is 18.6 Å². The van der Waals surface area contributed by atoms with Crippen LogP contribution in [-0.4, -0.2) is 41.8 Å². The summed E-state index contributed by atoms with van der Waals surface area (Å²) >= 11 is 0. The van der Waals surface area contributed by atoms with Gasteiger partial charge in [-0.15, -0.1) is 32.6 Å². The van der Waals surface area contributed by atoms with Gasteiger partial charge in [-0.05, 0) is 44.9 Å². The van der Waals surface area contributed by atoms with Crippen molar-refractivity contribution in [3.05, 3.63) is 139 Å². The molecule has 0 aromatic heterocycles. The molecule has 0 aliphatic heterocycles. The average Bonchev–Trinajstić information content (AvgIpc) is 3.02. The first kappa shape index (κ1) is 41.7. The Morgan fingerprint density at radius 3 is 1.50 bits per heavy atom. The molecule has 0 spiro atoms. The smallest absolute Gasteiger partial charge is 0.330 e. The second kappa shape index (κ2) is 22.3. The minimum absolute atomic E-state index is 0. The molecule has 0 heterocycles. The Labute approximate surface area is 292 Å². The average molecular weight is 774 g/mol. The van der Waals surface area contributed by atoms with E-state index in [1.165, 1.54) is 32.2 Å². The summed E-state index contributed by atoms with van der Waals surface area (Å²) in [6, 6.07) is 48.7. The van der Waals surface area contributed by atoms with E-state index in [9.17, 15) is 4.21 Å². The number of nitrogens with zero attached hydrogens (tertiary/aromatic N) is 1. The van der Waals surface area contributed by atoms with Crippen LogP contribution in [0.1, 0.15) is 18.5 Å². The Bertz CT molecular complexity index is 1440. The second-order valence-corrected chi connectivity index (χ2v) is 14.4. The molecule has 0 aliphatic carbocycles. The summed E-state index contributed by atoms with van der Waals surface area (Å²) in [7, 11) is -1.89. The van der Waals surface area contributed by atoms with Crippen LogP contribution in [0.25, 0.3) is 10.8 Å².